The molecule has 0 N–H and O–H groups in total. The fourth-order valence-electron chi connectivity index (χ4n) is 5.10. The third-order valence-electron chi connectivity index (χ3n) is 6.54. The van der Waals surface area contributed by atoms with Crippen molar-refractivity contribution in [2.45, 2.75) is 52.4 Å². The van der Waals surface area contributed by atoms with Crippen LogP contribution >= 0.6 is 0 Å². The zero-order valence-corrected chi connectivity index (χ0v) is 18.2. The number of aryl methyl sites for hydroxylation is 2. The van der Waals surface area contributed by atoms with Gasteiger partial charge >= 0.3 is 0 Å². The van der Waals surface area contributed by atoms with Crippen LogP contribution in [0, 0.1) is 25.6 Å². The molecule has 1 saturated heterocycles. The average molecular weight is 417 g/mol. The van der Waals surface area contributed by atoms with Gasteiger partial charge in [0, 0.05) is 5.92 Å². The molecule has 1 heterocycles. The Balaban J connectivity index is 1.61. The van der Waals surface area contributed by atoms with Gasteiger partial charge in [0.25, 0.3) is 0 Å². The number of rotatable bonds is 5. The zero-order valence-electron chi connectivity index (χ0n) is 17.4. The molecule has 2 atom stereocenters. The monoisotopic (exact) mass is 416 g/mol. The molecular weight excluding hydrogens is 387 g/mol. The van der Waals surface area contributed by atoms with Crippen LogP contribution in [0.4, 0.5) is 4.39 Å². The lowest BCUT2D eigenvalue weighted by atomic mass is 9.89. The molecule has 2 aromatic rings. The van der Waals surface area contributed by atoms with E-state index in [1.54, 1.807) is 6.07 Å². The van der Waals surface area contributed by atoms with Gasteiger partial charge in [0.1, 0.15) is 11.6 Å². The molecular formula is C24H29FO3S. The van der Waals surface area contributed by atoms with E-state index in [4.69, 9.17) is 4.74 Å². The van der Waals surface area contributed by atoms with Gasteiger partial charge in [-0.3, -0.25) is 0 Å². The lowest BCUT2D eigenvalue weighted by molar-refractivity contribution is 0.263. The van der Waals surface area contributed by atoms with Crippen molar-refractivity contribution in [2.75, 3.05) is 18.1 Å². The summed E-state index contributed by atoms with van der Waals surface area (Å²) >= 11 is 0. The maximum atomic E-state index is 14.5. The van der Waals surface area contributed by atoms with E-state index in [1.807, 2.05) is 18.2 Å². The average Bonchev–Trinajstić information content (AvgIpc) is 3.24. The van der Waals surface area contributed by atoms with E-state index in [0.29, 0.717) is 18.9 Å². The number of sulfone groups is 1. The van der Waals surface area contributed by atoms with Crippen LogP contribution < -0.4 is 4.74 Å². The van der Waals surface area contributed by atoms with Crippen molar-refractivity contribution in [3.05, 3.63) is 52.3 Å². The van der Waals surface area contributed by atoms with Crippen LogP contribution in [0.15, 0.2) is 24.3 Å². The lowest BCUT2D eigenvalue weighted by Gasteiger charge is -2.18. The minimum absolute atomic E-state index is 0.0742. The highest BCUT2D eigenvalue weighted by atomic mass is 32.2. The van der Waals surface area contributed by atoms with Crippen LogP contribution in [-0.4, -0.2) is 26.5 Å². The second-order valence-corrected chi connectivity index (χ2v) is 10.9. The van der Waals surface area contributed by atoms with Gasteiger partial charge in [-0.1, -0.05) is 13.0 Å². The fraction of sp³-hybridized carbons (Fsp3) is 0.500. The summed E-state index contributed by atoms with van der Waals surface area (Å²) in [6, 6.07) is 7.58. The highest BCUT2D eigenvalue weighted by molar-refractivity contribution is 7.91. The Kier molecular flexibility index (Phi) is 5.45. The van der Waals surface area contributed by atoms with Crippen molar-refractivity contribution < 1.29 is 17.5 Å². The van der Waals surface area contributed by atoms with Crippen molar-refractivity contribution in [1.29, 1.82) is 0 Å². The second kappa shape index (κ2) is 7.75. The van der Waals surface area contributed by atoms with Crippen LogP contribution in [0.25, 0.3) is 11.1 Å². The highest BCUT2D eigenvalue weighted by Gasteiger charge is 2.29. The molecule has 1 fully saturated rings. The third kappa shape index (κ3) is 3.94. The first-order valence-electron chi connectivity index (χ1n) is 10.5. The van der Waals surface area contributed by atoms with Crippen LogP contribution in [0.2, 0.25) is 0 Å². The van der Waals surface area contributed by atoms with Crippen LogP contribution in [0.1, 0.15) is 54.4 Å². The summed E-state index contributed by atoms with van der Waals surface area (Å²) in [7, 11) is -2.89. The first-order chi connectivity index (χ1) is 13.8. The molecule has 5 heteroatoms. The molecule has 3 nitrogen and oxygen atoms in total. The van der Waals surface area contributed by atoms with E-state index >= 15 is 0 Å². The topological polar surface area (TPSA) is 43.4 Å². The lowest BCUT2D eigenvalue weighted by Crippen LogP contribution is -2.13. The SMILES string of the molecule is CC[C@@H]1CCc2c(-c3c(C)cc(OC[C@@H]4CCS(=O)(=O)C4)cc3C)ccc(F)c21. The molecule has 29 heavy (non-hydrogen) atoms. The van der Waals surface area contributed by atoms with Crippen LogP contribution in [0.3, 0.4) is 0 Å². The zero-order chi connectivity index (χ0) is 20.8. The Hall–Kier alpha value is -1.88. The van der Waals surface area contributed by atoms with Crippen molar-refractivity contribution in [2.24, 2.45) is 5.92 Å². The van der Waals surface area contributed by atoms with E-state index in [-0.39, 0.29) is 23.2 Å². The van der Waals surface area contributed by atoms with E-state index < -0.39 is 9.84 Å². The normalized spacial score (nSPS) is 22.6. The Morgan fingerprint density at radius 1 is 1.14 bits per heavy atom. The minimum Gasteiger partial charge on any atom is -0.493 e. The molecule has 0 unspecified atom stereocenters. The van der Waals surface area contributed by atoms with E-state index in [1.165, 1.54) is 0 Å². The predicted octanol–water partition coefficient (Wildman–Crippen LogP) is 5.36. The molecule has 1 aliphatic heterocycles. The summed E-state index contributed by atoms with van der Waals surface area (Å²) in [5.74, 6) is 1.59. The maximum absolute atomic E-state index is 14.5. The number of fused-ring (bicyclic) bond motifs is 1. The first-order valence-corrected chi connectivity index (χ1v) is 12.4. The molecule has 2 aliphatic rings. The largest absolute Gasteiger partial charge is 0.493 e. The fourth-order valence-corrected chi connectivity index (χ4v) is 6.94. The summed E-state index contributed by atoms with van der Waals surface area (Å²) in [4.78, 5) is 0. The van der Waals surface area contributed by atoms with Gasteiger partial charge in [-0.25, -0.2) is 12.8 Å². The molecule has 0 spiro atoms. The molecule has 0 bridgehead atoms. The first kappa shape index (κ1) is 20.4. The van der Waals surface area contributed by atoms with Crippen LogP contribution in [0.5, 0.6) is 5.75 Å². The van der Waals surface area contributed by atoms with Gasteiger partial charge in [0.15, 0.2) is 9.84 Å². The third-order valence-corrected chi connectivity index (χ3v) is 8.37. The number of hydrogen-bond acceptors (Lipinski definition) is 3. The number of halogens is 1. The minimum atomic E-state index is -2.89. The van der Waals surface area contributed by atoms with Gasteiger partial charge in [0.2, 0.25) is 0 Å². The van der Waals surface area contributed by atoms with Crippen LogP contribution in [-0.2, 0) is 16.3 Å². The van der Waals surface area contributed by atoms with Crippen molar-refractivity contribution >= 4 is 9.84 Å². The number of ether oxygens (including phenoxy) is 1. The summed E-state index contributed by atoms with van der Waals surface area (Å²) in [6.07, 6.45) is 3.59. The molecule has 1 aliphatic carbocycles. The maximum Gasteiger partial charge on any atom is 0.150 e. The number of hydrogen-bond donors (Lipinski definition) is 0. The Morgan fingerprint density at radius 3 is 2.48 bits per heavy atom. The Bertz CT molecular complexity index is 1020. The van der Waals surface area contributed by atoms with E-state index in [2.05, 4.69) is 20.8 Å². The molecule has 0 saturated carbocycles. The quantitative estimate of drug-likeness (QED) is 0.659. The molecule has 0 amide bonds. The van der Waals surface area contributed by atoms with Crippen molar-refractivity contribution in [3.8, 4) is 16.9 Å². The Morgan fingerprint density at radius 2 is 1.86 bits per heavy atom. The summed E-state index contributed by atoms with van der Waals surface area (Å²) < 4.78 is 43.8. The van der Waals surface area contributed by atoms with E-state index in [9.17, 15) is 12.8 Å². The molecule has 156 valence electrons. The molecule has 0 aromatic heterocycles. The van der Waals surface area contributed by atoms with Crippen molar-refractivity contribution in [3.63, 3.8) is 0 Å². The second-order valence-electron chi connectivity index (χ2n) is 8.64. The van der Waals surface area contributed by atoms with Gasteiger partial charge < -0.3 is 4.74 Å². The van der Waals surface area contributed by atoms with E-state index in [0.717, 1.165) is 58.4 Å². The highest BCUT2D eigenvalue weighted by Crippen LogP contribution is 2.44. The predicted molar refractivity (Wildman–Crippen MR) is 115 cm³/mol. The van der Waals surface area contributed by atoms with Gasteiger partial charge in [-0.2, -0.15) is 0 Å². The molecule has 2 aromatic carbocycles. The van der Waals surface area contributed by atoms with Gasteiger partial charge in [-0.05, 0) is 97.0 Å². The smallest absolute Gasteiger partial charge is 0.150 e. The standard InChI is InChI=1S/C24H29FO3S/c1-4-18-5-6-21-20(7-8-22(25)24(18)21)23-15(2)11-19(12-16(23)3)28-13-17-9-10-29(26,27)14-17/h7-8,11-12,17-18H,4-6,9-10,13-14H2,1-3H3/t17-,18+/m0/s1. The van der Waals surface area contributed by atoms with Gasteiger partial charge in [0.05, 0.1) is 18.1 Å². The Labute approximate surface area is 173 Å². The summed E-state index contributed by atoms with van der Waals surface area (Å²) in [6.45, 7) is 6.69. The van der Waals surface area contributed by atoms with Crippen molar-refractivity contribution in [1.82, 2.24) is 0 Å². The number of benzene rings is 2. The molecule has 0 radical (unpaired) electrons. The molecule has 4 rings (SSSR count). The van der Waals surface area contributed by atoms with Gasteiger partial charge in [-0.15, -0.1) is 0 Å². The summed E-state index contributed by atoms with van der Waals surface area (Å²) in [5.41, 5.74) is 6.58. The summed E-state index contributed by atoms with van der Waals surface area (Å²) in [5, 5.41) is 0.